The van der Waals surface area contributed by atoms with Crippen molar-refractivity contribution in [2.24, 2.45) is 5.73 Å². The monoisotopic (exact) mass is 248 g/mol. The van der Waals surface area contributed by atoms with Gasteiger partial charge in [-0.1, -0.05) is 24.3 Å². The van der Waals surface area contributed by atoms with E-state index in [9.17, 15) is 4.79 Å². The van der Waals surface area contributed by atoms with Crippen LogP contribution in [0.25, 0.3) is 0 Å². The molecule has 98 valence electrons. The van der Waals surface area contributed by atoms with Crippen molar-refractivity contribution >= 4 is 5.91 Å². The molecule has 0 saturated heterocycles. The van der Waals surface area contributed by atoms with Crippen LogP contribution in [0.4, 0.5) is 0 Å². The van der Waals surface area contributed by atoms with Crippen molar-refractivity contribution in [3.8, 4) is 0 Å². The average Bonchev–Trinajstić information content (AvgIpc) is 3.18. The van der Waals surface area contributed by atoms with Crippen LogP contribution in [0.5, 0.6) is 0 Å². The lowest BCUT2D eigenvalue weighted by Gasteiger charge is -2.09. The lowest BCUT2D eigenvalue weighted by Crippen LogP contribution is -2.24. The van der Waals surface area contributed by atoms with Crippen LogP contribution >= 0.6 is 0 Å². The molecule has 0 aromatic heterocycles. The molecular weight excluding hydrogens is 228 g/mol. The number of primary amides is 1. The molecule has 0 radical (unpaired) electrons. The molecule has 0 bridgehead atoms. The summed E-state index contributed by atoms with van der Waals surface area (Å²) in [5.41, 5.74) is 7.82. The van der Waals surface area contributed by atoms with Crippen LogP contribution in [0, 0.1) is 0 Å². The molecule has 0 spiro atoms. The summed E-state index contributed by atoms with van der Waals surface area (Å²) in [6, 6.07) is 8.57. The standard InChI is InChI=1S/C14H20N2O2/c15-14(17)10-18-8-7-16-9-12-3-1-2-4-13(12)11-5-6-11/h1-4,11,16H,5-10H2,(H2,15,17). The molecule has 1 aliphatic carbocycles. The third-order valence-corrected chi connectivity index (χ3v) is 3.06. The molecule has 4 heteroatoms. The number of benzene rings is 1. The lowest BCUT2D eigenvalue weighted by atomic mass is 10.0. The first-order valence-corrected chi connectivity index (χ1v) is 6.42. The van der Waals surface area contributed by atoms with Crippen LogP contribution in [0.2, 0.25) is 0 Å². The molecule has 4 nitrogen and oxygen atoms in total. The van der Waals surface area contributed by atoms with Gasteiger partial charge in [0, 0.05) is 13.1 Å². The highest BCUT2D eigenvalue weighted by molar-refractivity contribution is 5.74. The van der Waals surface area contributed by atoms with Crippen LogP contribution in [-0.2, 0) is 16.1 Å². The number of nitrogens with one attached hydrogen (secondary N) is 1. The Kier molecular flexibility index (Phi) is 4.73. The second kappa shape index (κ2) is 6.52. The second-order valence-electron chi connectivity index (χ2n) is 4.67. The first-order chi connectivity index (χ1) is 8.77. The van der Waals surface area contributed by atoms with Crippen LogP contribution in [0.15, 0.2) is 24.3 Å². The van der Waals surface area contributed by atoms with Crippen molar-refractivity contribution in [2.45, 2.75) is 25.3 Å². The van der Waals surface area contributed by atoms with E-state index in [2.05, 4.69) is 29.6 Å². The predicted molar refractivity (Wildman–Crippen MR) is 70.1 cm³/mol. The van der Waals surface area contributed by atoms with Gasteiger partial charge in [0.1, 0.15) is 6.61 Å². The number of nitrogens with two attached hydrogens (primary N) is 1. The Morgan fingerprint density at radius 3 is 2.89 bits per heavy atom. The van der Waals surface area contributed by atoms with E-state index in [1.807, 2.05) is 0 Å². The number of hydrogen-bond acceptors (Lipinski definition) is 3. The van der Waals surface area contributed by atoms with Crippen molar-refractivity contribution in [2.75, 3.05) is 19.8 Å². The van der Waals surface area contributed by atoms with E-state index in [1.54, 1.807) is 0 Å². The van der Waals surface area contributed by atoms with Crippen molar-refractivity contribution in [1.82, 2.24) is 5.32 Å². The highest BCUT2D eigenvalue weighted by Crippen LogP contribution is 2.41. The van der Waals surface area contributed by atoms with Crippen molar-refractivity contribution in [3.63, 3.8) is 0 Å². The summed E-state index contributed by atoms with van der Waals surface area (Å²) in [5.74, 6) is 0.350. The third kappa shape index (κ3) is 4.13. The van der Waals surface area contributed by atoms with Crippen LogP contribution in [-0.4, -0.2) is 25.7 Å². The predicted octanol–water partition coefficient (Wildman–Crippen LogP) is 1.16. The molecule has 1 fully saturated rings. The molecular formula is C14H20N2O2. The summed E-state index contributed by atoms with van der Waals surface area (Å²) in [6.07, 6.45) is 2.64. The molecule has 18 heavy (non-hydrogen) atoms. The fourth-order valence-corrected chi connectivity index (χ4v) is 2.03. The van der Waals surface area contributed by atoms with Gasteiger partial charge in [-0.15, -0.1) is 0 Å². The summed E-state index contributed by atoms with van der Waals surface area (Å²) < 4.78 is 5.09. The van der Waals surface area contributed by atoms with Gasteiger partial charge in [-0.25, -0.2) is 0 Å². The Morgan fingerprint density at radius 2 is 2.17 bits per heavy atom. The first-order valence-electron chi connectivity index (χ1n) is 6.42. The normalized spacial score (nSPS) is 14.7. The largest absolute Gasteiger partial charge is 0.370 e. The minimum atomic E-state index is -0.422. The van der Waals surface area contributed by atoms with Gasteiger partial charge in [-0.3, -0.25) is 4.79 Å². The van der Waals surface area contributed by atoms with Crippen LogP contribution < -0.4 is 11.1 Å². The molecule has 1 aromatic rings. The Labute approximate surface area is 108 Å². The molecule has 2 rings (SSSR count). The molecule has 1 amide bonds. The van der Waals surface area contributed by atoms with E-state index in [1.165, 1.54) is 24.0 Å². The number of carbonyl (C=O) groups is 1. The highest BCUT2D eigenvalue weighted by atomic mass is 16.5. The van der Waals surface area contributed by atoms with Gasteiger partial charge in [0.05, 0.1) is 6.61 Å². The zero-order chi connectivity index (χ0) is 12.8. The van der Waals surface area contributed by atoms with E-state index in [-0.39, 0.29) is 6.61 Å². The Hall–Kier alpha value is -1.39. The Bertz CT molecular complexity index is 403. The van der Waals surface area contributed by atoms with E-state index in [4.69, 9.17) is 10.5 Å². The Balaban J connectivity index is 1.68. The van der Waals surface area contributed by atoms with E-state index < -0.39 is 5.91 Å². The molecule has 0 unspecified atom stereocenters. The van der Waals surface area contributed by atoms with Crippen molar-refractivity contribution < 1.29 is 9.53 Å². The Morgan fingerprint density at radius 1 is 1.39 bits per heavy atom. The third-order valence-electron chi connectivity index (χ3n) is 3.06. The minimum absolute atomic E-state index is 0.000338. The topological polar surface area (TPSA) is 64.4 Å². The quantitative estimate of drug-likeness (QED) is 0.678. The van der Waals surface area contributed by atoms with Gasteiger partial charge >= 0.3 is 0 Å². The van der Waals surface area contributed by atoms with Gasteiger partial charge in [0.25, 0.3) is 0 Å². The summed E-state index contributed by atoms with van der Waals surface area (Å²) >= 11 is 0. The molecule has 1 aromatic carbocycles. The second-order valence-corrected chi connectivity index (χ2v) is 4.67. The molecule has 3 N–H and O–H groups in total. The molecule has 1 aliphatic rings. The van der Waals surface area contributed by atoms with E-state index in [0.29, 0.717) is 6.61 Å². The van der Waals surface area contributed by atoms with Gasteiger partial charge in [-0.05, 0) is 29.9 Å². The molecule has 0 heterocycles. The summed E-state index contributed by atoms with van der Waals surface area (Å²) in [6.45, 7) is 2.09. The van der Waals surface area contributed by atoms with Crippen molar-refractivity contribution in [1.29, 1.82) is 0 Å². The zero-order valence-electron chi connectivity index (χ0n) is 10.5. The van der Waals surface area contributed by atoms with Gasteiger partial charge < -0.3 is 15.8 Å². The van der Waals surface area contributed by atoms with Crippen LogP contribution in [0.1, 0.15) is 29.9 Å². The SMILES string of the molecule is NC(=O)COCCNCc1ccccc1C1CC1. The minimum Gasteiger partial charge on any atom is -0.370 e. The van der Waals surface area contributed by atoms with Crippen molar-refractivity contribution in [3.05, 3.63) is 35.4 Å². The van der Waals surface area contributed by atoms with Gasteiger partial charge in [0.2, 0.25) is 5.91 Å². The number of carbonyl (C=O) groups excluding carboxylic acids is 1. The zero-order valence-corrected chi connectivity index (χ0v) is 10.5. The fraction of sp³-hybridized carbons (Fsp3) is 0.500. The highest BCUT2D eigenvalue weighted by Gasteiger charge is 2.25. The summed E-state index contributed by atoms with van der Waals surface area (Å²) in [5, 5.41) is 3.32. The van der Waals surface area contributed by atoms with E-state index >= 15 is 0 Å². The van der Waals surface area contributed by atoms with Crippen LogP contribution in [0.3, 0.4) is 0 Å². The smallest absolute Gasteiger partial charge is 0.243 e. The number of amides is 1. The first kappa shape index (κ1) is 13.1. The summed E-state index contributed by atoms with van der Waals surface area (Å²) in [4.78, 5) is 10.5. The maximum atomic E-state index is 10.5. The molecule has 0 aliphatic heterocycles. The average molecular weight is 248 g/mol. The maximum absolute atomic E-state index is 10.5. The van der Waals surface area contributed by atoms with Gasteiger partial charge in [-0.2, -0.15) is 0 Å². The molecule has 0 atom stereocenters. The fourth-order valence-electron chi connectivity index (χ4n) is 2.03. The van der Waals surface area contributed by atoms with E-state index in [0.717, 1.165) is 19.0 Å². The van der Waals surface area contributed by atoms with Gasteiger partial charge in [0.15, 0.2) is 0 Å². The maximum Gasteiger partial charge on any atom is 0.243 e. The number of rotatable bonds is 8. The number of ether oxygens (including phenoxy) is 1. The lowest BCUT2D eigenvalue weighted by molar-refractivity contribution is -0.122. The molecule has 1 saturated carbocycles. The number of hydrogen-bond donors (Lipinski definition) is 2. The summed E-state index contributed by atoms with van der Waals surface area (Å²) in [7, 11) is 0.